The summed E-state index contributed by atoms with van der Waals surface area (Å²) < 4.78 is 163. The number of aryl methyl sites for hydroxylation is 2. The predicted octanol–water partition coefficient (Wildman–Crippen LogP) is 4.38. The van der Waals surface area contributed by atoms with Gasteiger partial charge in [0.25, 0.3) is 20.2 Å². The van der Waals surface area contributed by atoms with E-state index in [-0.39, 0.29) is 165 Å². The van der Waals surface area contributed by atoms with Crippen LogP contribution in [0.25, 0.3) is 0 Å². The average molecular weight is 2040 g/mol. The number of alkyl halides is 1. The molecule has 0 fully saturated rings. The zero-order valence-corrected chi connectivity index (χ0v) is 82.7. The molecular weight excluding hydrogens is 1930 g/mol. The fourth-order valence-electron chi connectivity index (χ4n) is 9.47. The van der Waals surface area contributed by atoms with Crippen LogP contribution >= 0.6 is 54.9 Å². The number of aldehydes is 1. The molecule has 9 rings (SSSR count). The van der Waals surface area contributed by atoms with Crippen molar-refractivity contribution in [1.82, 2.24) is 0 Å². The zero-order valence-electron chi connectivity index (χ0n) is 70.0. The number of hydrogen-bond donors (Lipinski definition) is 3. The van der Waals surface area contributed by atoms with E-state index in [9.17, 15) is 40.6 Å². The molecule has 0 spiro atoms. The van der Waals surface area contributed by atoms with Crippen LogP contribution in [-0.2, 0) is 119 Å². The van der Waals surface area contributed by atoms with Crippen molar-refractivity contribution in [2.45, 2.75) is 23.6 Å². The van der Waals surface area contributed by atoms with Crippen LogP contribution in [0.3, 0.4) is 0 Å². The number of para-hydroxylation sites is 6. The molecule has 4 N–H and O–H groups in total. The Balaban J connectivity index is 0.000000767. The van der Waals surface area contributed by atoms with Gasteiger partial charge in [-0.25, -0.2) is 0 Å². The zero-order chi connectivity index (χ0) is 88.5. The van der Waals surface area contributed by atoms with Gasteiger partial charge in [0.15, 0.2) is 0 Å². The molecule has 0 saturated heterocycles. The summed E-state index contributed by atoms with van der Waals surface area (Å²) in [6, 6.07) is 40.1. The maximum Gasteiger partial charge on any atom is 1.00 e. The van der Waals surface area contributed by atoms with Gasteiger partial charge >= 0.3 is 92.0 Å². The molecule has 34 nitrogen and oxygen atoms in total. The van der Waals surface area contributed by atoms with Crippen molar-refractivity contribution >= 4 is 122 Å². The average Bonchev–Trinajstić information content (AvgIpc) is 1.07. The number of phenolic OH excluding ortho intramolecular Hbond substituents is 1. The van der Waals surface area contributed by atoms with Crippen molar-refractivity contribution < 1.29 is 213 Å². The molecule has 0 saturated carbocycles. The normalized spacial score (nSPS) is 14.8. The number of carbonyl (C=O) groups excluding carboxylic acids is 4. The van der Waals surface area contributed by atoms with Crippen LogP contribution in [0.5, 0.6) is 23.0 Å². The van der Waals surface area contributed by atoms with Crippen LogP contribution in [-0.4, -0.2) is 297 Å². The standard InChI is InChI=1S/C22H30O9S2.C18H25NO7.C17H25NO6.C14H21NO4.C6H7NO.C3H5BrO2.Cl3OP.Cs.FH/c1-19-3-7-21(8-4-19)32(23,24)30-17-15-28-13-11-27-12-14-29-16-18-31-33(25,26)22-9-5-20(2)6-10-22;1-22-18(21)13-19-4-5-23-6-7-24-8-9-25-10-11-26-17-12-15(14-20)2-3-16(17)19;1-20-17(19)14-18-6-7-21-8-9-22-10-11-23-12-13-24-16-5-3-2-4-15(16)18;1-2-4-14-13(3-1)15-5-6-16-7-8-17-9-10-18-11-12-19-14;7-5-3-1-2-4-6(5)8;1-6-3(5)2-4;1-5(2,3)4;;/h3-10H,11-18H2,1-2H3;2-3,12,14H,4-11,13H2,1H3;2-5H,6-14H2,1H3;1-4,15H,5-12H2;1-4,8H,7H2;2H2,1H3;;;1H/q;;;;;;;+1;/p-1. The van der Waals surface area contributed by atoms with Gasteiger partial charge in [0.1, 0.15) is 67.5 Å². The van der Waals surface area contributed by atoms with Crippen molar-refractivity contribution in [1.29, 1.82) is 0 Å². The number of nitrogen functional groups attached to an aromatic ring is 1. The Morgan fingerprint density at radius 3 is 1.20 bits per heavy atom. The fourth-order valence-corrected chi connectivity index (χ4v) is 11.5. The minimum atomic E-state index is -3.79. The van der Waals surface area contributed by atoms with E-state index in [0.29, 0.717) is 193 Å². The maximum atomic E-state index is 12.0. The number of rotatable bonds is 22. The number of phenols is 1. The van der Waals surface area contributed by atoms with Gasteiger partial charge in [0.05, 0.1) is 226 Å². The Hall–Kier alpha value is -5.30. The van der Waals surface area contributed by atoms with E-state index < -0.39 is 25.4 Å². The largest absolute Gasteiger partial charge is 1.00 e. The Bertz CT molecular complexity index is 3930. The van der Waals surface area contributed by atoms with Crippen molar-refractivity contribution in [2.24, 2.45) is 0 Å². The van der Waals surface area contributed by atoms with Crippen molar-refractivity contribution in [3.63, 3.8) is 0 Å². The van der Waals surface area contributed by atoms with Gasteiger partial charge < -0.3 is 116 Å². The maximum absolute atomic E-state index is 12.0. The van der Waals surface area contributed by atoms with E-state index >= 15 is 0 Å². The first-order valence-electron chi connectivity index (χ1n) is 38.1. The Morgan fingerprint density at radius 1 is 0.472 bits per heavy atom. The number of esters is 3. The van der Waals surface area contributed by atoms with Gasteiger partial charge in [0, 0.05) is 25.2 Å². The summed E-state index contributed by atoms with van der Waals surface area (Å²) >= 11 is 16.7. The number of benzene rings is 6. The summed E-state index contributed by atoms with van der Waals surface area (Å²) in [6.07, 6.45) is 0.751. The van der Waals surface area contributed by atoms with Gasteiger partial charge in [-0.3, -0.25) is 32.1 Å². The minimum absolute atomic E-state index is 0. The smallest absolute Gasteiger partial charge is 1.00 e. The SMILES string of the molecule is COC(=O)CBr.COC(=O)CN1CCOCCOCCOCCOc2cc(C=O)ccc21.COC(=O)CN1CCOCCOCCOCCOc2ccccc21.Cc1ccc(S(=O)(=O)OCCOCCOCCOCCOS(=O)(=O)c2ccc(C)cc2)cc1.Nc1ccccc1O.O=P(Cl)(Cl)Cl.[Cs+].[F-].c1ccc2c(c1)NCCOCCOCCOCCO2. The van der Waals surface area contributed by atoms with Crippen LogP contribution in [0.2, 0.25) is 0 Å². The molecule has 3 aliphatic rings. The molecule has 0 aliphatic carbocycles. The van der Waals surface area contributed by atoms with Crippen LogP contribution in [0.15, 0.2) is 149 Å². The number of nitrogens with one attached hydrogen (secondary N) is 1. The molecule has 6 aromatic rings. The number of fused-ring (bicyclic) bond motifs is 3. The second-order valence-corrected chi connectivity index (χ2v) is 34.9. The summed E-state index contributed by atoms with van der Waals surface area (Å²) in [4.78, 5) is 48.4. The summed E-state index contributed by atoms with van der Waals surface area (Å²) in [6.45, 7) is 17.5. The quantitative estimate of drug-likeness (QED) is 0.00976. The van der Waals surface area contributed by atoms with Gasteiger partial charge in [-0.2, -0.15) is 16.8 Å². The van der Waals surface area contributed by atoms with Gasteiger partial charge in [-0.15, -0.1) is 0 Å². The first kappa shape index (κ1) is 116. The van der Waals surface area contributed by atoms with Crippen LogP contribution < -0.4 is 109 Å². The van der Waals surface area contributed by atoms with E-state index in [1.165, 1.54) is 45.6 Å². The second kappa shape index (κ2) is 72.6. The van der Waals surface area contributed by atoms with E-state index in [2.05, 4.69) is 59.7 Å². The number of anilines is 4. The third-order valence-corrected chi connectivity index (χ3v) is 18.6. The molecule has 3 aliphatic heterocycles. The number of aromatic hydroxyl groups is 1. The molecule has 3 heterocycles. The van der Waals surface area contributed by atoms with E-state index in [0.717, 1.165) is 41.1 Å². The summed E-state index contributed by atoms with van der Waals surface area (Å²) in [5, 5.41) is 9.15. The number of nitrogens with two attached hydrogens (primary N) is 1. The molecule has 0 radical (unpaired) electrons. The van der Waals surface area contributed by atoms with Crippen molar-refractivity contribution in [2.75, 3.05) is 272 Å². The first-order chi connectivity index (χ1) is 58.3. The van der Waals surface area contributed by atoms with E-state index in [1.54, 1.807) is 71.6 Å². The second-order valence-electron chi connectivity index (χ2n) is 24.5. The number of halogens is 5. The third kappa shape index (κ3) is 58.0. The Labute approximate surface area is 801 Å². The van der Waals surface area contributed by atoms with Gasteiger partial charge in [-0.05, 0) is 126 Å². The predicted molar refractivity (Wildman–Crippen MR) is 460 cm³/mol. The topological polar surface area (TPSA) is 403 Å². The number of methoxy groups -OCH3 is 3. The van der Waals surface area contributed by atoms with Crippen LogP contribution in [0.4, 0.5) is 22.7 Å². The molecule has 0 amide bonds. The molecule has 0 atom stereocenters. The summed E-state index contributed by atoms with van der Waals surface area (Å²) in [5.74, 6) is 1.28. The summed E-state index contributed by atoms with van der Waals surface area (Å²) in [7, 11) is -3.51. The number of nitrogens with zero attached hydrogens (tertiary/aromatic N) is 2. The molecule has 0 aromatic heterocycles. The third-order valence-electron chi connectivity index (χ3n) is 15.5. The molecular formula is C80H113BrCl3CsFN4O30PS2. The molecule has 6 aromatic carbocycles. The van der Waals surface area contributed by atoms with Crippen LogP contribution in [0, 0.1) is 13.8 Å². The molecule has 123 heavy (non-hydrogen) atoms. The minimum Gasteiger partial charge on any atom is -1.00 e. The summed E-state index contributed by atoms with van der Waals surface area (Å²) in [5.41, 5.74) is 10.6. The van der Waals surface area contributed by atoms with E-state index in [1.807, 2.05) is 67.3 Å². The fraction of sp³-hybridized carbons (Fsp3) is 0.500. The first-order valence-corrected chi connectivity index (χ1v) is 46.4. The Morgan fingerprint density at radius 2 is 0.813 bits per heavy atom. The Kier molecular flexibility index (Phi) is 68.3. The van der Waals surface area contributed by atoms with Gasteiger partial charge in [0.2, 0.25) is 0 Å². The monoisotopic (exact) mass is 2040 g/mol. The number of hydrogen-bond acceptors (Lipinski definition) is 34. The number of ether oxygens (including phenoxy) is 18. The number of carbonyl (C=O) groups is 4. The van der Waals surface area contributed by atoms with Crippen molar-refractivity contribution in [3.05, 3.63) is 156 Å². The molecule has 0 unspecified atom stereocenters. The molecule has 686 valence electrons. The molecule has 0 bridgehead atoms. The van der Waals surface area contributed by atoms with Crippen LogP contribution in [0.1, 0.15) is 21.5 Å². The van der Waals surface area contributed by atoms with Gasteiger partial charge in [-0.1, -0.05) is 87.7 Å². The van der Waals surface area contributed by atoms with Crippen molar-refractivity contribution in [3.8, 4) is 23.0 Å². The molecule has 43 heteroatoms. The van der Waals surface area contributed by atoms with E-state index in [4.69, 9.17) is 99.7 Å².